The molecule has 0 bridgehead atoms. The Morgan fingerprint density at radius 2 is 1.58 bits per heavy atom. The van der Waals surface area contributed by atoms with Crippen molar-refractivity contribution in [2.75, 3.05) is 45.0 Å². The van der Waals surface area contributed by atoms with Crippen molar-refractivity contribution in [1.29, 1.82) is 0 Å². The van der Waals surface area contributed by atoms with Gasteiger partial charge < -0.3 is 39.5 Å². The summed E-state index contributed by atoms with van der Waals surface area (Å²) in [5.74, 6) is 2.96. The number of para-hydroxylation sites is 2. The second kappa shape index (κ2) is 19.0. The van der Waals surface area contributed by atoms with Gasteiger partial charge in [0.2, 0.25) is 11.8 Å². The molecule has 1 aromatic heterocycles. The van der Waals surface area contributed by atoms with Crippen molar-refractivity contribution in [2.24, 2.45) is 5.92 Å². The van der Waals surface area contributed by atoms with Gasteiger partial charge in [0, 0.05) is 19.1 Å². The molecular formula is C51H47N5O10. The minimum Gasteiger partial charge on any atom is -0.491 e. The second-order valence-corrected chi connectivity index (χ2v) is 16.1. The second-order valence-electron chi connectivity index (χ2n) is 16.1. The Morgan fingerprint density at radius 3 is 2.32 bits per heavy atom. The molecule has 9 rings (SSSR count). The van der Waals surface area contributed by atoms with Gasteiger partial charge in [-0.3, -0.25) is 19.3 Å². The molecular weight excluding hydrogens is 843 g/mol. The Balaban J connectivity index is 1.33. The van der Waals surface area contributed by atoms with Crippen molar-refractivity contribution in [2.45, 2.75) is 42.6 Å². The van der Waals surface area contributed by atoms with Gasteiger partial charge in [0.05, 0.1) is 61.1 Å². The molecule has 0 radical (unpaired) electrons. The number of aliphatic hydroxyl groups excluding tert-OH is 2. The Kier molecular flexibility index (Phi) is 12.6. The third-order valence-electron chi connectivity index (χ3n) is 12.3. The van der Waals surface area contributed by atoms with Gasteiger partial charge in [-0.15, -0.1) is 0 Å². The number of benzene rings is 5. The number of carbonyl (C=O) groups is 4. The first-order valence-corrected chi connectivity index (χ1v) is 21.7. The number of fused-ring (bicyclic) bond motifs is 4. The summed E-state index contributed by atoms with van der Waals surface area (Å²) < 4.78 is 23.3. The number of aromatic amines is 1. The van der Waals surface area contributed by atoms with E-state index in [1.165, 1.54) is 7.11 Å². The quantitative estimate of drug-likeness (QED) is 0.0654. The number of H-pyrrole nitrogens is 1. The molecule has 336 valence electrons. The number of aliphatic hydroxyl groups is 2. The van der Waals surface area contributed by atoms with E-state index in [2.05, 4.69) is 27.1 Å². The lowest BCUT2D eigenvalue weighted by molar-refractivity contribution is -0.178. The number of nitrogens with one attached hydrogen (secondary N) is 2. The molecule has 66 heavy (non-hydrogen) atoms. The van der Waals surface area contributed by atoms with Gasteiger partial charge in [-0.25, -0.2) is 14.7 Å². The highest BCUT2D eigenvalue weighted by Crippen LogP contribution is 2.66. The molecule has 4 heterocycles. The molecule has 1 spiro atoms. The Labute approximate surface area is 380 Å². The number of imide groups is 1. The predicted molar refractivity (Wildman–Crippen MR) is 241 cm³/mol. The molecule has 6 aromatic rings. The molecule has 15 nitrogen and oxygen atoms in total. The smallest absolute Gasteiger partial charge is 0.421 e. The van der Waals surface area contributed by atoms with E-state index in [1.54, 1.807) is 42.5 Å². The van der Waals surface area contributed by atoms with Crippen LogP contribution in [0.15, 0.2) is 127 Å². The number of cyclic esters (lactones) is 1. The predicted octanol–water partition coefficient (Wildman–Crippen LogP) is 5.43. The van der Waals surface area contributed by atoms with Gasteiger partial charge in [0.1, 0.15) is 42.3 Å². The number of ether oxygens (including phenoxy) is 4. The van der Waals surface area contributed by atoms with Crippen LogP contribution in [0.3, 0.4) is 0 Å². The average molecular weight is 890 g/mol. The molecule has 3 aliphatic heterocycles. The van der Waals surface area contributed by atoms with Crippen molar-refractivity contribution >= 4 is 40.6 Å². The summed E-state index contributed by atoms with van der Waals surface area (Å²) in [6, 6.07) is 34.5. The zero-order valence-corrected chi connectivity index (χ0v) is 36.0. The molecule has 6 atom stereocenters. The molecule has 2 fully saturated rings. The number of imidazole rings is 1. The highest BCUT2D eigenvalue weighted by atomic mass is 16.6. The fourth-order valence-electron chi connectivity index (χ4n) is 9.77. The van der Waals surface area contributed by atoms with Crippen LogP contribution in [0.1, 0.15) is 58.3 Å². The van der Waals surface area contributed by atoms with Gasteiger partial charge >= 0.3 is 12.1 Å². The maximum absolute atomic E-state index is 16.3. The topological polar surface area (TPSA) is 193 Å². The first-order valence-electron chi connectivity index (χ1n) is 21.7. The first kappa shape index (κ1) is 43.9. The number of amides is 3. The molecule has 5 aromatic carbocycles. The summed E-state index contributed by atoms with van der Waals surface area (Å²) in [6.07, 6.45) is -1.79. The van der Waals surface area contributed by atoms with E-state index in [9.17, 15) is 15.0 Å². The number of carbonyl (C=O) groups excluding carboxylic acids is 4. The number of morpholine rings is 1. The lowest BCUT2D eigenvalue weighted by Gasteiger charge is -2.46. The highest BCUT2D eigenvalue weighted by molar-refractivity contribution is 6.23. The summed E-state index contributed by atoms with van der Waals surface area (Å²) in [5, 5.41) is 22.4. The lowest BCUT2D eigenvalue weighted by Crippen LogP contribution is -2.55. The number of rotatable bonds is 13. The minimum atomic E-state index is -2.08. The maximum Gasteiger partial charge on any atom is 0.421 e. The molecule has 4 N–H and O–H groups in total. The largest absolute Gasteiger partial charge is 0.491 e. The van der Waals surface area contributed by atoms with Crippen LogP contribution in [0, 0.1) is 17.8 Å². The minimum absolute atomic E-state index is 0.0355. The molecule has 0 aliphatic carbocycles. The average Bonchev–Trinajstić information content (AvgIpc) is 3.99. The number of esters is 1. The maximum atomic E-state index is 16.3. The molecule has 15 heteroatoms. The highest BCUT2D eigenvalue weighted by Gasteiger charge is 2.75. The SMILES string of the molecule is COCCOC(=O)N1C(=O)[C@@]2(c3cc(C#CCCO)ccc31)[C@H](C(=O)NCc1nc3ccccc3[nH]1)[C@H]1C(=O)O[C@H](c3ccccc3)[C@H](c3ccccc3)N1[C@@H]2c1cccc(OCCO)c1. The number of anilines is 1. The van der Waals surface area contributed by atoms with Gasteiger partial charge in [0.15, 0.2) is 0 Å². The summed E-state index contributed by atoms with van der Waals surface area (Å²) in [6.45, 7) is -0.742. The summed E-state index contributed by atoms with van der Waals surface area (Å²) >= 11 is 0. The molecule has 0 unspecified atom stereocenters. The third-order valence-corrected chi connectivity index (χ3v) is 12.3. The zero-order valence-electron chi connectivity index (χ0n) is 36.0. The Hall–Kier alpha value is -7.35. The van der Waals surface area contributed by atoms with Gasteiger partial charge in [-0.1, -0.05) is 96.8 Å². The van der Waals surface area contributed by atoms with Crippen molar-refractivity contribution in [3.63, 3.8) is 0 Å². The number of hydrogen-bond donors (Lipinski definition) is 4. The van der Waals surface area contributed by atoms with Crippen LogP contribution in [0.2, 0.25) is 0 Å². The van der Waals surface area contributed by atoms with E-state index in [4.69, 9.17) is 18.9 Å². The summed E-state index contributed by atoms with van der Waals surface area (Å²) in [4.78, 5) is 72.5. The molecule has 3 amide bonds. The van der Waals surface area contributed by atoms with Gasteiger partial charge in [-0.05, 0) is 64.7 Å². The molecule has 3 aliphatic rings. The van der Waals surface area contributed by atoms with E-state index in [1.807, 2.05) is 89.8 Å². The van der Waals surface area contributed by atoms with E-state index < -0.39 is 59.4 Å². The fourth-order valence-corrected chi connectivity index (χ4v) is 9.77. The van der Waals surface area contributed by atoms with E-state index in [-0.39, 0.29) is 57.3 Å². The third kappa shape index (κ3) is 7.83. The summed E-state index contributed by atoms with van der Waals surface area (Å²) in [7, 11) is 1.45. The van der Waals surface area contributed by atoms with Crippen LogP contribution in [0.4, 0.5) is 10.5 Å². The Morgan fingerprint density at radius 1 is 0.833 bits per heavy atom. The van der Waals surface area contributed by atoms with Crippen molar-refractivity contribution in [3.8, 4) is 17.6 Å². The van der Waals surface area contributed by atoms with Crippen LogP contribution in [0.25, 0.3) is 11.0 Å². The molecule has 2 saturated heterocycles. The van der Waals surface area contributed by atoms with Crippen LogP contribution < -0.4 is 15.0 Å². The van der Waals surface area contributed by atoms with Crippen molar-refractivity contribution in [3.05, 3.63) is 161 Å². The summed E-state index contributed by atoms with van der Waals surface area (Å²) in [5.41, 5.74) is 2.02. The number of aromatic nitrogens is 2. The van der Waals surface area contributed by atoms with Crippen LogP contribution in [0.5, 0.6) is 5.75 Å². The van der Waals surface area contributed by atoms with Crippen molar-refractivity contribution in [1.82, 2.24) is 20.2 Å². The Bertz CT molecular complexity index is 2790. The normalized spacial score (nSPS) is 22.0. The van der Waals surface area contributed by atoms with Crippen LogP contribution in [-0.4, -0.2) is 95.1 Å². The standard InChI is InChI=1S/C51H47N5O10/c1-63-27-28-65-50(62)55-40-23-22-32(13-10-11-24-57)29-37(40)51(49(55)61)42(47(59)52-31-41-53-38-20-8-9-21-39(38)54-41)44-48(60)66-45(34-16-6-3-7-17-34)43(33-14-4-2-5-15-33)56(44)46(51)35-18-12-19-36(30-35)64-26-25-58/h2-9,12,14-23,29-30,42-46,57-58H,11,24-28,31H2,1H3,(H,52,59)(H,53,54)/t42-,43-,44-,45+,46+,51-/m0/s1. The zero-order chi connectivity index (χ0) is 45.8. The number of nitrogens with zero attached hydrogens (tertiary/aromatic N) is 3. The fraction of sp³-hybridized carbons (Fsp3) is 0.275. The first-order chi connectivity index (χ1) is 32.3. The van der Waals surface area contributed by atoms with E-state index in [0.29, 0.717) is 33.8 Å². The number of methoxy groups -OCH3 is 1. The van der Waals surface area contributed by atoms with Gasteiger partial charge in [-0.2, -0.15) is 0 Å². The van der Waals surface area contributed by atoms with Crippen LogP contribution in [-0.2, 0) is 40.6 Å². The van der Waals surface area contributed by atoms with E-state index in [0.717, 1.165) is 16.0 Å². The monoisotopic (exact) mass is 889 g/mol. The molecule has 0 saturated carbocycles. The van der Waals surface area contributed by atoms with E-state index >= 15 is 14.4 Å². The van der Waals surface area contributed by atoms with Crippen molar-refractivity contribution < 1.29 is 48.3 Å². The van der Waals surface area contributed by atoms with Crippen LogP contribution >= 0.6 is 0 Å². The van der Waals surface area contributed by atoms with Gasteiger partial charge in [0.25, 0.3) is 0 Å². The lowest BCUT2D eigenvalue weighted by atomic mass is 9.65. The number of hydrogen-bond acceptors (Lipinski definition) is 12.